The maximum absolute atomic E-state index is 5.58. The summed E-state index contributed by atoms with van der Waals surface area (Å²) in [7, 11) is 1.69. The van der Waals surface area contributed by atoms with Crippen molar-refractivity contribution in [2.24, 2.45) is 5.73 Å². The molecule has 4 nitrogen and oxygen atoms in total. The predicted molar refractivity (Wildman–Crippen MR) is 77.5 cm³/mol. The number of aromatic amines is 1. The minimum atomic E-state index is 0.594. The second-order valence-corrected chi connectivity index (χ2v) is 4.85. The van der Waals surface area contributed by atoms with Crippen molar-refractivity contribution in [3.63, 3.8) is 0 Å². The zero-order valence-corrected chi connectivity index (χ0v) is 12.0. The summed E-state index contributed by atoms with van der Waals surface area (Å²) in [5, 5.41) is 0. The number of imidazole rings is 1. The first-order valence-electron chi connectivity index (χ1n) is 6.48. The summed E-state index contributed by atoms with van der Waals surface area (Å²) >= 11 is 0. The molecule has 0 spiro atoms. The van der Waals surface area contributed by atoms with Crippen LogP contribution in [0.15, 0.2) is 12.1 Å². The number of nitrogens with two attached hydrogens (primary N) is 1. The highest BCUT2D eigenvalue weighted by atomic mass is 16.5. The lowest BCUT2D eigenvalue weighted by molar-refractivity contribution is 0.415. The molecule has 4 heteroatoms. The molecule has 1 aromatic heterocycles. The average molecular weight is 259 g/mol. The lowest BCUT2D eigenvalue weighted by atomic mass is 10.0. The van der Waals surface area contributed by atoms with Crippen LogP contribution in [0, 0.1) is 20.8 Å². The van der Waals surface area contributed by atoms with E-state index in [9.17, 15) is 0 Å². The van der Waals surface area contributed by atoms with Gasteiger partial charge in [0.25, 0.3) is 0 Å². The van der Waals surface area contributed by atoms with Gasteiger partial charge in [0.15, 0.2) is 0 Å². The second kappa shape index (κ2) is 5.45. The Balaban J connectivity index is 2.58. The lowest BCUT2D eigenvalue weighted by Gasteiger charge is -2.12. The number of aromatic nitrogens is 2. The normalized spacial score (nSPS) is 10.8. The van der Waals surface area contributed by atoms with E-state index >= 15 is 0 Å². The van der Waals surface area contributed by atoms with Crippen molar-refractivity contribution in [1.29, 1.82) is 0 Å². The third-order valence-electron chi connectivity index (χ3n) is 3.22. The Morgan fingerprint density at radius 3 is 2.63 bits per heavy atom. The van der Waals surface area contributed by atoms with Crippen molar-refractivity contribution < 1.29 is 4.74 Å². The number of methoxy groups -OCH3 is 1. The molecular weight excluding hydrogens is 238 g/mol. The molecule has 3 N–H and O–H groups in total. The molecule has 0 aliphatic carbocycles. The molecule has 2 aromatic rings. The van der Waals surface area contributed by atoms with Crippen molar-refractivity contribution >= 4 is 0 Å². The number of nitrogens with one attached hydrogen (secondary N) is 1. The first kappa shape index (κ1) is 13.6. The molecule has 102 valence electrons. The number of nitrogens with zero attached hydrogens (tertiary/aromatic N) is 1. The van der Waals surface area contributed by atoms with E-state index in [-0.39, 0.29) is 0 Å². The van der Waals surface area contributed by atoms with Crippen LogP contribution in [-0.2, 0) is 6.42 Å². The van der Waals surface area contributed by atoms with Gasteiger partial charge >= 0.3 is 0 Å². The summed E-state index contributed by atoms with van der Waals surface area (Å²) in [6.07, 6.45) is 0.758. The molecule has 0 aliphatic heterocycles. The van der Waals surface area contributed by atoms with Gasteiger partial charge < -0.3 is 15.5 Å². The molecule has 19 heavy (non-hydrogen) atoms. The van der Waals surface area contributed by atoms with E-state index in [1.807, 2.05) is 13.0 Å². The van der Waals surface area contributed by atoms with Crippen LogP contribution in [0.2, 0.25) is 0 Å². The Kier molecular flexibility index (Phi) is 3.90. The van der Waals surface area contributed by atoms with Crippen molar-refractivity contribution in [2.75, 3.05) is 13.7 Å². The molecule has 0 radical (unpaired) electrons. The quantitative estimate of drug-likeness (QED) is 0.886. The number of H-pyrrole nitrogens is 1. The van der Waals surface area contributed by atoms with Crippen molar-refractivity contribution in [1.82, 2.24) is 9.97 Å². The first-order chi connectivity index (χ1) is 9.06. The topological polar surface area (TPSA) is 63.9 Å². The minimum Gasteiger partial charge on any atom is -0.496 e. The highest BCUT2D eigenvalue weighted by molar-refractivity contribution is 5.73. The van der Waals surface area contributed by atoms with Gasteiger partial charge in [0.2, 0.25) is 0 Å². The molecule has 1 heterocycles. The van der Waals surface area contributed by atoms with Crippen molar-refractivity contribution in [3.8, 4) is 17.0 Å². The van der Waals surface area contributed by atoms with Crippen LogP contribution in [0.5, 0.6) is 5.75 Å². The van der Waals surface area contributed by atoms with Gasteiger partial charge in [-0.15, -0.1) is 0 Å². The highest BCUT2D eigenvalue weighted by Crippen LogP contribution is 2.34. The van der Waals surface area contributed by atoms with Crippen LogP contribution in [0.1, 0.15) is 22.6 Å². The molecule has 0 unspecified atom stereocenters. The smallest absolute Gasteiger partial charge is 0.128 e. The first-order valence-corrected chi connectivity index (χ1v) is 6.48. The number of benzene rings is 1. The molecule has 0 atom stereocenters. The van der Waals surface area contributed by atoms with E-state index < -0.39 is 0 Å². The number of ether oxygens (including phenoxy) is 1. The number of rotatable bonds is 4. The summed E-state index contributed by atoms with van der Waals surface area (Å²) in [5.41, 5.74) is 11.0. The zero-order chi connectivity index (χ0) is 14.0. The summed E-state index contributed by atoms with van der Waals surface area (Å²) in [6, 6.07) is 4.19. The van der Waals surface area contributed by atoms with Gasteiger partial charge in [0, 0.05) is 17.7 Å². The van der Waals surface area contributed by atoms with Gasteiger partial charge in [-0.3, -0.25) is 0 Å². The van der Waals surface area contributed by atoms with Crippen molar-refractivity contribution in [3.05, 3.63) is 34.8 Å². The van der Waals surface area contributed by atoms with Crippen molar-refractivity contribution in [2.45, 2.75) is 27.2 Å². The monoisotopic (exact) mass is 259 g/mol. The van der Waals surface area contributed by atoms with Crippen LogP contribution in [-0.4, -0.2) is 23.6 Å². The lowest BCUT2D eigenvalue weighted by Crippen LogP contribution is -2.03. The molecule has 0 bridgehead atoms. The molecule has 0 aliphatic rings. The fraction of sp³-hybridized carbons (Fsp3) is 0.400. The van der Waals surface area contributed by atoms with Gasteiger partial charge in [-0.05, 0) is 44.5 Å². The number of aryl methyl sites for hydroxylation is 3. The van der Waals surface area contributed by atoms with Gasteiger partial charge in [-0.1, -0.05) is 6.07 Å². The van der Waals surface area contributed by atoms with Gasteiger partial charge in [0.05, 0.1) is 12.8 Å². The minimum absolute atomic E-state index is 0.594. The third-order valence-corrected chi connectivity index (χ3v) is 3.22. The van der Waals surface area contributed by atoms with E-state index in [0.717, 1.165) is 34.9 Å². The second-order valence-electron chi connectivity index (χ2n) is 4.85. The molecule has 2 rings (SSSR count). The highest BCUT2D eigenvalue weighted by Gasteiger charge is 2.16. The maximum atomic E-state index is 5.58. The summed E-state index contributed by atoms with van der Waals surface area (Å²) in [6.45, 7) is 6.77. The average Bonchev–Trinajstić information content (AvgIpc) is 2.69. The van der Waals surface area contributed by atoms with E-state index in [1.54, 1.807) is 7.11 Å². The van der Waals surface area contributed by atoms with E-state index in [0.29, 0.717) is 6.54 Å². The largest absolute Gasteiger partial charge is 0.496 e. The molecule has 0 saturated carbocycles. The number of hydrogen-bond acceptors (Lipinski definition) is 3. The molecule has 0 fully saturated rings. The molecular formula is C15H21N3O. The fourth-order valence-electron chi connectivity index (χ4n) is 2.41. The van der Waals surface area contributed by atoms with Gasteiger partial charge in [-0.2, -0.15) is 0 Å². The summed E-state index contributed by atoms with van der Waals surface area (Å²) in [4.78, 5) is 7.94. The van der Waals surface area contributed by atoms with Gasteiger partial charge in [0.1, 0.15) is 11.6 Å². The predicted octanol–water partition coefficient (Wildman–Crippen LogP) is 2.51. The van der Waals surface area contributed by atoms with Gasteiger partial charge in [-0.25, -0.2) is 4.98 Å². The van der Waals surface area contributed by atoms with Crippen LogP contribution in [0.25, 0.3) is 11.3 Å². The molecule has 0 saturated heterocycles. The maximum Gasteiger partial charge on any atom is 0.128 e. The van der Waals surface area contributed by atoms with E-state index in [2.05, 4.69) is 29.9 Å². The summed E-state index contributed by atoms with van der Waals surface area (Å²) in [5.74, 6) is 1.79. The zero-order valence-electron chi connectivity index (χ0n) is 12.0. The molecule has 0 amide bonds. The molecule has 1 aromatic carbocycles. The Morgan fingerprint density at radius 1 is 1.26 bits per heavy atom. The standard InChI is InChI=1S/C15H21N3O/c1-9-7-10(2)14(12(8-9)19-4)15-11(3)17-13(18-15)5-6-16/h7-8H,5-6,16H2,1-4H3,(H,17,18). The third kappa shape index (κ3) is 2.63. The Labute approximate surface area is 114 Å². The Hall–Kier alpha value is -1.81. The van der Waals surface area contributed by atoms with Crippen LogP contribution < -0.4 is 10.5 Å². The van der Waals surface area contributed by atoms with Crippen LogP contribution >= 0.6 is 0 Å². The van der Waals surface area contributed by atoms with Crippen LogP contribution in [0.4, 0.5) is 0 Å². The SMILES string of the molecule is COc1cc(C)cc(C)c1-c1nc(CCN)[nH]c1C. The van der Waals surface area contributed by atoms with Crippen LogP contribution in [0.3, 0.4) is 0 Å². The summed E-state index contributed by atoms with van der Waals surface area (Å²) < 4.78 is 5.51. The van der Waals surface area contributed by atoms with E-state index in [4.69, 9.17) is 10.5 Å². The van der Waals surface area contributed by atoms with E-state index in [1.165, 1.54) is 11.1 Å². The Morgan fingerprint density at radius 2 is 2.00 bits per heavy atom. The Bertz CT molecular complexity index is 587. The number of hydrogen-bond donors (Lipinski definition) is 2. The fourth-order valence-corrected chi connectivity index (χ4v) is 2.41.